The minimum atomic E-state index is -0.296. The molecule has 0 heterocycles. The summed E-state index contributed by atoms with van der Waals surface area (Å²) < 4.78 is 9.95. The highest BCUT2D eigenvalue weighted by Gasteiger charge is 2.41. The first-order chi connectivity index (χ1) is 7.45. The maximum absolute atomic E-state index is 11.6. The van der Waals surface area contributed by atoms with Gasteiger partial charge in [0.1, 0.15) is 6.10 Å². The Bertz CT molecular complexity index is 274. The fraction of sp³-hybridized carbons (Fsp3) is 0.833. The van der Waals surface area contributed by atoms with Crippen LogP contribution in [0.25, 0.3) is 0 Å². The second-order valence-corrected chi connectivity index (χ2v) is 4.68. The van der Waals surface area contributed by atoms with Gasteiger partial charge in [0.25, 0.3) is 0 Å². The molecule has 0 aromatic heterocycles. The van der Waals surface area contributed by atoms with Crippen LogP contribution in [0.1, 0.15) is 33.6 Å². The molecule has 0 spiro atoms. The molecule has 0 amide bonds. The van der Waals surface area contributed by atoms with Gasteiger partial charge in [-0.25, -0.2) is 0 Å². The van der Waals surface area contributed by atoms with Gasteiger partial charge in [0.15, 0.2) is 0 Å². The van der Waals surface area contributed by atoms with Crippen molar-refractivity contribution in [2.75, 3.05) is 7.11 Å². The predicted octanol–water partition coefficient (Wildman–Crippen LogP) is 1.77. The number of carbonyl (C=O) groups excluding carboxylic acids is 2. The van der Waals surface area contributed by atoms with Gasteiger partial charge < -0.3 is 9.47 Å². The number of hydrogen-bond donors (Lipinski definition) is 0. The minimum Gasteiger partial charge on any atom is -0.469 e. The highest BCUT2D eigenvalue weighted by Crippen LogP contribution is 2.39. The lowest BCUT2D eigenvalue weighted by molar-refractivity contribution is -0.155. The van der Waals surface area contributed by atoms with Crippen LogP contribution in [0.4, 0.5) is 0 Å². The summed E-state index contributed by atoms with van der Waals surface area (Å²) in [6.45, 7) is 5.35. The summed E-state index contributed by atoms with van der Waals surface area (Å²) >= 11 is 0. The first-order valence-electron chi connectivity index (χ1n) is 5.70. The Morgan fingerprint density at radius 3 is 2.44 bits per heavy atom. The van der Waals surface area contributed by atoms with E-state index in [0.717, 1.165) is 12.8 Å². The second kappa shape index (κ2) is 5.32. The molecular formula is C12H20O4. The van der Waals surface area contributed by atoms with Gasteiger partial charge in [0.2, 0.25) is 0 Å². The summed E-state index contributed by atoms with van der Waals surface area (Å²) in [7, 11) is 1.40. The zero-order valence-corrected chi connectivity index (χ0v) is 10.4. The van der Waals surface area contributed by atoms with Gasteiger partial charge in [0, 0.05) is 12.8 Å². The molecule has 1 aliphatic carbocycles. The molecule has 1 fully saturated rings. The van der Waals surface area contributed by atoms with Crippen molar-refractivity contribution >= 4 is 11.9 Å². The van der Waals surface area contributed by atoms with Crippen LogP contribution < -0.4 is 0 Å². The summed E-state index contributed by atoms with van der Waals surface area (Å²) in [4.78, 5) is 22.5. The number of methoxy groups -OCH3 is 1. The van der Waals surface area contributed by atoms with E-state index in [1.54, 1.807) is 0 Å². The zero-order valence-electron chi connectivity index (χ0n) is 10.4. The highest BCUT2D eigenvalue weighted by molar-refractivity contribution is 5.73. The Kier molecular flexibility index (Phi) is 4.33. The van der Waals surface area contributed by atoms with Crippen LogP contribution in [0.5, 0.6) is 0 Å². The number of rotatable bonds is 3. The largest absolute Gasteiger partial charge is 0.469 e. The van der Waals surface area contributed by atoms with E-state index in [4.69, 9.17) is 9.47 Å². The molecule has 0 radical (unpaired) electrons. The van der Waals surface area contributed by atoms with E-state index in [0.29, 0.717) is 5.92 Å². The van der Waals surface area contributed by atoms with Gasteiger partial charge in [-0.2, -0.15) is 0 Å². The van der Waals surface area contributed by atoms with Crippen molar-refractivity contribution in [3.05, 3.63) is 0 Å². The smallest absolute Gasteiger partial charge is 0.309 e. The lowest BCUT2D eigenvalue weighted by atomic mass is 9.91. The molecule has 4 nitrogen and oxygen atoms in total. The molecule has 1 rings (SSSR count). The van der Waals surface area contributed by atoms with E-state index in [1.165, 1.54) is 14.0 Å². The predicted molar refractivity (Wildman–Crippen MR) is 58.6 cm³/mol. The molecule has 16 heavy (non-hydrogen) atoms. The van der Waals surface area contributed by atoms with Gasteiger partial charge in [-0.3, -0.25) is 9.59 Å². The van der Waals surface area contributed by atoms with Crippen molar-refractivity contribution in [1.82, 2.24) is 0 Å². The Morgan fingerprint density at radius 2 is 1.94 bits per heavy atom. The van der Waals surface area contributed by atoms with Crippen molar-refractivity contribution in [2.45, 2.75) is 39.7 Å². The van der Waals surface area contributed by atoms with Crippen LogP contribution in [0.2, 0.25) is 0 Å². The van der Waals surface area contributed by atoms with Crippen molar-refractivity contribution in [1.29, 1.82) is 0 Å². The fourth-order valence-corrected chi connectivity index (χ4v) is 2.62. The molecule has 92 valence electrons. The van der Waals surface area contributed by atoms with Gasteiger partial charge in [-0.15, -0.1) is 0 Å². The molecule has 1 aliphatic rings. The van der Waals surface area contributed by atoms with Crippen LogP contribution in [0, 0.1) is 17.8 Å². The first-order valence-corrected chi connectivity index (χ1v) is 5.70. The quantitative estimate of drug-likeness (QED) is 0.691. The van der Waals surface area contributed by atoms with Crippen LogP contribution in [0.15, 0.2) is 0 Å². The lowest BCUT2D eigenvalue weighted by Crippen LogP contribution is -2.30. The summed E-state index contributed by atoms with van der Waals surface area (Å²) in [5, 5.41) is 0. The van der Waals surface area contributed by atoms with Gasteiger partial charge in [-0.05, 0) is 25.7 Å². The van der Waals surface area contributed by atoms with Gasteiger partial charge in [0.05, 0.1) is 13.0 Å². The summed E-state index contributed by atoms with van der Waals surface area (Å²) in [6.07, 6.45) is 1.52. The van der Waals surface area contributed by atoms with E-state index in [-0.39, 0.29) is 29.9 Å². The average Bonchev–Trinajstić information content (AvgIpc) is 2.58. The highest BCUT2D eigenvalue weighted by atomic mass is 16.5. The molecular weight excluding hydrogens is 208 g/mol. The molecule has 4 unspecified atom stereocenters. The third kappa shape index (κ3) is 2.97. The molecule has 0 saturated heterocycles. The van der Waals surface area contributed by atoms with Crippen LogP contribution in [-0.4, -0.2) is 25.2 Å². The Labute approximate surface area is 96.3 Å². The lowest BCUT2D eigenvalue weighted by Gasteiger charge is -2.23. The SMILES string of the molecule is COC(=O)C1CC(C)CC1C(C)OC(C)=O. The Hall–Kier alpha value is -1.06. The molecule has 0 bridgehead atoms. The van der Waals surface area contributed by atoms with E-state index in [2.05, 4.69) is 6.92 Å². The molecule has 1 saturated carbocycles. The van der Waals surface area contributed by atoms with Crippen molar-refractivity contribution in [3.63, 3.8) is 0 Å². The number of carbonyl (C=O) groups is 2. The van der Waals surface area contributed by atoms with E-state index in [9.17, 15) is 9.59 Å². The summed E-state index contributed by atoms with van der Waals surface area (Å²) in [5.74, 6) is -0.0446. The Morgan fingerprint density at radius 1 is 1.31 bits per heavy atom. The van der Waals surface area contributed by atoms with E-state index >= 15 is 0 Å². The average molecular weight is 228 g/mol. The third-order valence-electron chi connectivity index (χ3n) is 3.31. The molecule has 4 atom stereocenters. The number of esters is 2. The number of ether oxygens (including phenoxy) is 2. The number of hydrogen-bond acceptors (Lipinski definition) is 4. The maximum atomic E-state index is 11.6. The normalized spacial score (nSPS) is 30.9. The minimum absolute atomic E-state index is 0.0892. The first kappa shape index (κ1) is 13.0. The van der Waals surface area contributed by atoms with Crippen LogP contribution in [0.3, 0.4) is 0 Å². The second-order valence-electron chi connectivity index (χ2n) is 4.68. The van der Waals surface area contributed by atoms with E-state index in [1.807, 2.05) is 6.92 Å². The summed E-state index contributed by atoms with van der Waals surface area (Å²) in [6, 6.07) is 0. The Balaban J connectivity index is 2.68. The maximum Gasteiger partial charge on any atom is 0.309 e. The monoisotopic (exact) mass is 228 g/mol. The van der Waals surface area contributed by atoms with Gasteiger partial charge in [-0.1, -0.05) is 6.92 Å². The standard InChI is InChI=1S/C12H20O4/c1-7-5-10(8(2)16-9(3)13)11(6-7)12(14)15-4/h7-8,10-11H,5-6H2,1-4H3. The van der Waals surface area contributed by atoms with Crippen molar-refractivity contribution in [3.8, 4) is 0 Å². The molecule has 0 aliphatic heterocycles. The van der Waals surface area contributed by atoms with Crippen molar-refractivity contribution in [2.24, 2.45) is 17.8 Å². The molecule has 0 aromatic carbocycles. The molecule has 0 aromatic rings. The fourth-order valence-electron chi connectivity index (χ4n) is 2.62. The van der Waals surface area contributed by atoms with E-state index < -0.39 is 0 Å². The summed E-state index contributed by atoms with van der Waals surface area (Å²) in [5.41, 5.74) is 0. The molecule has 0 N–H and O–H groups in total. The van der Waals surface area contributed by atoms with Gasteiger partial charge >= 0.3 is 11.9 Å². The molecule has 4 heteroatoms. The van der Waals surface area contributed by atoms with Crippen LogP contribution in [-0.2, 0) is 19.1 Å². The third-order valence-corrected chi connectivity index (χ3v) is 3.31. The topological polar surface area (TPSA) is 52.6 Å². The van der Waals surface area contributed by atoms with Crippen LogP contribution >= 0.6 is 0 Å². The zero-order chi connectivity index (χ0) is 12.3. The van der Waals surface area contributed by atoms with Crippen molar-refractivity contribution < 1.29 is 19.1 Å².